The molecule has 5 nitrogen and oxygen atoms in total. The third-order valence-electron chi connectivity index (χ3n) is 5.76. The number of nitriles is 1. The van der Waals surface area contributed by atoms with Gasteiger partial charge in [0.25, 0.3) is 0 Å². The van der Waals surface area contributed by atoms with E-state index in [9.17, 15) is 9.18 Å². The minimum Gasteiger partial charge on any atom is -0.375 e. The van der Waals surface area contributed by atoms with Crippen molar-refractivity contribution in [3.63, 3.8) is 0 Å². The van der Waals surface area contributed by atoms with Crippen molar-refractivity contribution in [2.24, 2.45) is 5.92 Å². The Morgan fingerprint density at radius 3 is 2.66 bits per heavy atom. The molecule has 1 amide bonds. The van der Waals surface area contributed by atoms with Crippen LogP contribution in [0.2, 0.25) is 0 Å². The van der Waals surface area contributed by atoms with E-state index in [-0.39, 0.29) is 30.3 Å². The van der Waals surface area contributed by atoms with E-state index in [2.05, 4.69) is 11.0 Å². The van der Waals surface area contributed by atoms with E-state index in [4.69, 9.17) is 10.00 Å². The summed E-state index contributed by atoms with van der Waals surface area (Å²) in [5.74, 6) is -0.482. The maximum Gasteiger partial charge on any atom is 0.229 e. The minimum absolute atomic E-state index is 0.0419. The maximum absolute atomic E-state index is 14.1. The van der Waals surface area contributed by atoms with Crippen molar-refractivity contribution in [1.29, 1.82) is 5.26 Å². The van der Waals surface area contributed by atoms with Gasteiger partial charge < -0.3 is 9.64 Å². The summed E-state index contributed by atoms with van der Waals surface area (Å²) in [6, 6.07) is 16.3. The first kappa shape index (κ1) is 19.6. The van der Waals surface area contributed by atoms with Crippen molar-refractivity contribution in [3.05, 3.63) is 71.0 Å². The summed E-state index contributed by atoms with van der Waals surface area (Å²) in [5, 5.41) is 8.94. The Morgan fingerprint density at radius 2 is 1.90 bits per heavy atom. The monoisotopic (exact) mass is 393 g/mol. The molecule has 6 heteroatoms. The second kappa shape index (κ2) is 8.73. The average molecular weight is 393 g/mol. The molecule has 0 bridgehead atoms. The molecule has 4 rings (SSSR count). The number of hydrogen-bond acceptors (Lipinski definition) is 4. The highest BCUT2D eigenvalue weighted by Gasteiger charge is 2.39. The number of likely N-dealkylation sites (tertiary alicyclic amines) is 1. The molecule has 2 aromatic rings. The lowest BCUT2D eigenvalue weighted by atomic mass is 9.92. The molecule has 0 spiro atoms. The number of fused-ring (bicyclic) bond motifs is 1. The Hall–Kier alpha value is -2.75. The standard InChI is InChI=1S/C23H24FN3O2/c24-21-4-2-1-3-19(21)15-27-11-12-29-22-9-10-26(16-20(22)23(27)28)14-18-7-5-17(13-25)6-8-18/h1-8,20,22H,9-12,14-16H2. The van der Waals surface area contributed by atoms with Crippen LogP contribution in [-0.2, 0) is 22.6 Å². The highest BCUT2D eigenvalue weighted by atomic mass is 19.1. The molecule has 2 unspecified atom stereocenters. The van der Waals surface area contributed by atoms with Crippen LogP contribution in [0, 0.1) is 23.1 Å². The fraction of sp³-hybridized carbons (Fsp3) is 0.391. The molecule has 2 aliphatic heterocycles. The average Bonchev–Trinajstić information content (AvgIpc) is 2.89. The van der Waals surface area contributed by atoms with Gasteiger partial charge in [0.05, 0.1) is 30.3 Å². The van der Waals surface area contributed by atoms with Crippen LogP contribution in [0.15, 0.2) is 48.5 Å². The number of halogens is 1. The number of carbonyl (C=O) groups excluding carboxylic acids is 1. The topological polar surface area (TPSA) is 56.6 Å². The summed E-state index contributed by atoms with van der Waals surface area (Å²) in [6.45, 7) is 3.45. The summed E-state index contributed by atoms with van der Waals surface area (Å²) < 4.78 is 20.1. The third kappa shape index (κ3) is 4.47. The van der Waals surface area contributed by atoms with Crippen LogP contribution in [0.4, 0.5) is 4.39 Å². The van der Waals surface area contributed by atoms with E-state index in [1.54, 1.807) is 23.1 Å². The number of rotatable bonds is 4. The fourth-order valence-electron chi connectivity index (χ4n) is 4.17. The van der Waals surface area contributed by atoms with Gasteiger partial charge in [-0.05, 0) is 30.2 Å². The third-order valence-corrected chi connectivity index (χ3v) is 5.76. The van der Waals surface area contributed by atoms with Gasteiger partial charge in [-0.25, -0.2) is 4.39 Å². The number of benzene rings is 2. The lowest BCUT2D eigenvalue weighted by Crippen LogP contribution is -2.49. The van der Waals surface area contributed by atoms with E-state index in [0.29, 0.717) is 30.8 Å². The molecule has 2 saturated heterocycles. The van der Waals surface area contributed by atoms with Gasteiger partial charge in [-0.3, -0.25) is 9.69 Å². The van der Waals surface area contributed by atoms with Crippen LogP contribution >= 0.6 is 0 Å². The van der Waals surface area contributed by atoms with Crippen molar-refractivity contribution in [2.45, 2.75) is 25.6 Å². The molecule has 2 aliphatic rings. The number of carbonyl (C=O) groups is 1. The molecule has 2 atom stereocenters. The van der Waals surface area contributed by atoms with E-state index in [1.807, 2.05) is 24.3 Å². The van der Waals surface area contributed by atoms with Gasteiger partial charge in [0, 0.05) is 38.3 Å². The molecule has 0 saturated carbocycles. The van der Waals surface area contributed by atoms with Crippen molar-refractivity contribution in [3.8, 4) is 6.07 Å². The zero-order chi connectivity index (χ0) is 20.2. The number of nitrogens with zero attached hydrogens (tertiary/aromatic N) is 3. The molecular weight excluding hydrogens is 369 g/mol. The Bertz CT molecular complexity index is 909. The lowest BCUT2D eigenvalue weighted by Gasteiger charge is -2.37. The van der Waals surface area contributed by atoms with Gasteiger partial charge in [0.2, 0.25) is 5.91 Å². The van der Waals surface area contributed by atoms with Gasteiger partial charge >= 0.3 is 0 Å². The van der Waals surface area contributed by atoms with E-state index < -0.39 is 0 Å². The minimum atomic E-state index is -0.284. The second-order valence-electron chi connectivity index (χ2n) is 7.70. The number of ether oxygens (including phenoxy) is 1. The molecule has 0 aromatic heterocycles. The van der Waals surface area contributed by atoms with Gasteiger partial charge in [-0.15, -0.1) is 0 Å². The summed E-state index contributed by atoms with van der Waals surface area (Å²) in [5.41, 5.74) is 2.29. The zero-order valence-corrected chi connectivity index (χ0v) is 16.3. The van der Waals surface area contributed by atoms with E-state index in [0.717, 1.165) is 25.1 Å². The van der Waals surface area contributed by atoms with Crippen LogP contribution in [0.1, 0.15) is 23.1 Å². The lowest BCUT2D eigenvalue weighted by molar-refractivity contribution is -0.140. The first-order valence-corrected chi connectivity index (χ1v) is 9.99. The Labute approximate surface area is 170 Å². The molecule has 0 aliphatic carbocycles. The van der Waals surface area contributed by atoms with E-state index >= 15 is 0 Å². The van der Waals surface area contributed by atoms with Gasteiger partial charge in [0.1, 0.15) is 5.82 Å². The summed E-state index contributed by atoms with van der Waals surface area (Å²) >= 11 is 0. The number of amides is 1. The molecular formula is C23H24FN3O2. The van der Waals surface area contributed by atoms with Crippen LogP contribution < -0.4 is 0 Å². The van der Waals surface area contributed by atoms with Crippen molar-refractivity contribution < 1.29 is 13.9 Å². The van der Waals surface area contributed by atoms with Gasteiger partial charge in [-0.2, -0.15) is 5.26 Å². The normalized spacial score (nSPS) is 22.6. The van der Waals surface area contributed by atoms with Gasteiger partial charge in [-0.1, -0.05) is 30.3 Å². The molecule has 0 radical (unpaired) electrons. The Morgan fingerprint density at radius 1 is 1.10 bits per heavy atom. The zero-order valence-electron chi connectivity index (χ0n) is 16.3. The molecule has 29 heavy (non-hydrogen) atoms. The smallest absolute Gasteiger partial charge is 0.229 e. The first-order chi connectivity index (χ1) is 14.1. The predicted molar refractivity (Wildman–Crippen MR) is 106 cm³/mol. The maximum atomic E-state index is 14.1. The SMILES string of the molecule is N#Cc1ccc(CN2CCC3OCCN(Cc4ccccc4F)C(=O)C3C2)cc1. The van der Waals surface area contributed by atoms with Crippen LogP contribution in [0.25, 0.3) is 0 Å². The number of hydrogen-bond donors (Lipinski definition) is 0. The largest absolute Gasteiger partial charge is 0.375 e. The Balaban J connectivity index is 1.45. The molecule has 0 N–H and O–H groups in total. The summed E-state index contributed by atoms with van der Waals surface area (Å²) in [4.78, 5) is 17.2. The molecule has 2 heterocycles. The van der Waals surface area contributed by atoms with Crippen LogP contribution in [0.3, 0.4) is 0 Å². The quantitative estimate of drug-likeness (QED) is 0.802. The summed E-state index contributed by atoms with van der Waals surface area (Å²) in [7, 11) is 0. The van der Waals surface area contributed by atoms with Crippen LogP contribution in [-0.4, -0.2) is 48.1 Å². The summed E-state index contributed by atoms with van der Waals surface area (Å²) in [6.07, 6.45) is 0.727. The highest BCUT2D eigenvalue weighted by molar-refractivity contribution is 5.80. The van der Waals surface area contributed by atoms with Crippen molar-refractivity contribution in [2.75, 3.05) is 26.2 Å². The predicted octanol–water partition coefficient (Wildman–Crippen LogP) is 2.95. The molecule has 2 aromatic carbocycles. The highest BCUT2D eigenvalue weighted by Crippen LogP contribution is 2.27. The first-order valence-electron chi connectivity index (χ1n) is 9.99. The molecule has 2 fully saturated rings. The van der Waals surface area contributed by atoms with Crippen molar-refractivity contribution in [1.82, 2.24) is 9.80 Å². The van der Waals surface area contributed by atoms with Crippen LogP contribution in [0.5, 0.6) is 0 Å². The Kier molecular flexibility index (Phi) is 5.89. The fourth-order valence-corrected chi connectivity index (χ4v) is 4.17. The second-order valence-corrected chi connectivity index (χ2v) is 7.70. The number of piperidine rings is 1. The van der Waals surface area contributed by atoms with Crippen molar-refractivity contribution >= 4 is 5.91 Å². The molecule has 150 valence electrons. The van der Waals surface area contributed by atoms with Gasteiger partial charge in [0.15, 0.2) is 0 Å². The van der Waals surface area contributed by atoms with E-state index in [1.165, 1.54) is 6.07 Å².